The van der Waals surface area contributed by atoms with Gasteiger partial charge in [-0.15, -0.1) is 0 Å². The summed E-state index contributed by atoms with van der Waals surface area (Å²) < 4.78 is 0. The van der Waals surface area contributed by atoms with Crippen molar-refractivity contribution < 1.29 is 5.11 Å². The lowest BCUT2D eigenvalue weighted by atomic mass is 9.91. The summed E-state index contributed by atoms with van der Waals surface area (Å²) in [4.78, 5) is 2.45. The molecule has 1 heterocycles. The van der Waals surface area contributed by atoms with Crippen LogP contribution in [0.1, 0.15) is 38.7 Å². The fraction of sp³-hybridized carbons (Fsp3) is 0.667. The quantitative estimate of drug-likeness (QED) is 0.845. The van der Waals surface area contributed by atoms with E-state index in [9.17, 15) is 5.11 Å². The van der Waals surface area contributed by atoms with Crippen molar-refractivity contribution in [2.24, 2.45) is 5.92 Å². The first-order valence-electron chi connectivity index (χ1n) is 8.27. The molecule has 0 spiro atoms. The van der Waals surface area contributed by atoms with E-state index in [1.54, 1.807) is 12.1 Å². The van der Waals surface area contributed by atoms with Gasteiger partial charge < -0.3 is 15.3 Å². The van der Waals surface area contributed by atoms with Crippen LogP contribution >= 0.6 is 0 Å². The van der Waals surface area contributed by atoms with Gasteiger partial charge in [0.05, 0.1) is 0 Å². The minimum Gasteiger partial charge on any atom is -0.508 e. The summed E-state index contributed by atoms with van der Waals surface area (Å²) in [6.45, 7) is 7.09. The van der Waals surface area contributed by atoms with E-state index in [4.69, 9.17) is 0 Å². The number of aryl methyl sites for hydroxylation is 1. The third kappa shape index (κ3) is 5.33. The van der Waals surface area contributed by atoms with Gasteiger partial charge in [-0.25, -0.2) is 0 Å². The van der Waals surface area contributed by atoms with Crippen LogP contribution in [0.25, 0.3) is 0 Å². The lowest BCUT2D eigenvalue weighted by Gasteiger charge is -2.35. The number of piperidine rings is 1. The van der Waals surface area contributed by atoms with E-state index in [0.29, 0.717) is 17.8 Å². The lowest BCUT2D eigenvalue weighted by molar-refractivity contribution is 0.173. The van der Waals surface area contributed by atoms with Gasteiger partial charge >= 0.3 is 0 Å². The SMILES string of the molecule is CC(CCc1ccc(O)cc1)NC(C)C1CCCN(C)C1. The first kappa shape index (κ1) is 16.3. The molecule has 1 fully saturated rings. The van der Waals surface area contributed by atoms with Gasteiger partial charge in [0.25, 0.3) is 0 Å². The normalized spacial score (nSPS) is 22.9. The summed E-state index contributed by atoms with van der Waals surface area (Å²) >= 11 is 0. The lowest BCUT2D eigenvalue weighted by Crippen LogP contribution is -2.45. The first-order valence-corrected chi connectivity index (χ1v) is 8.27. The summed E-state index contributed by atoms with van der Waals surface area (Å²) in [5, 5.41) is 13.1. The van der Waals surface area contributed by atoms with E-state index in [1.165, 1.54) is 31.5 Å². The van der Waals surface area contributed by atoms with E-state index in [-0.39, 0.29) is 0 Å². The molecule has 1 aliphatic heterocycles. The zero-order valence-corrected chi connectivity index (χ0v) is 13.7. The number of phenolic OH excluding ortho intramolecular Hbond substituents is 1. The maximum atomic E-state index is 9.30. The van der Waals surface area contributed by atoms with Crippen molar-refractivity contribution >= 4 is 0 Å². The Bertz CT molecular complexity index is 418. The molecule has 0 radical (unpaired) electrons. The Hall–Kier alpha value is -1.06. The maximum Gasteiger partial charge on any atom is 0.115 e. The summed E-state index contributed by atoms with van der Waals surface area (Å²) in [6, 6.07) is 8.69. The highest BCUT2D eigenvalue weighted by molar-refractivity contribution is 5.25. The molecule has 1 aliphatic rings. The number of nitrogens with zero attached hydrogens (tertiary/aromatic N) is 1. The zero-order chi connectivity index (χ0) is 15.2. The van der Waals surface area contributed by atoms with Gasteiger partial charge in [-0.05, 0) is 76.7 Å². The van der Waals surface area contributed by atoms with Gasteiger partial charge in [-0.2, -0.15) is 0 Å². The Morgan fingerprint density at radius 3 is 2.67 bits per heavy atom. The number of aromatic hydroxyl groups is 1. The molecule has 0 amide bonds. The maximum absolute atomic E-state index is 9.30. The third-order valence-corrected chi connectivity index (χ3v) is 4.72. The number of phenols is 1. The standard InChI is InChI=1S/C18H30N2O/c1-14(6-7-16-8-10-18(21)11-9-16)19-15(2)17-5-4-12-20(3)13-17/h8-11,14-15,17,19,21H,4-7,12-13H2,1-3H3. The summed E-state index contributed by atoms with van der Waals surface area (Å²) in [6.07, 6.45) is 4.88. The van der Waals surface area contributed by atoms with Gasteiger partial charge in [0.2, 0.25) is 0 Å². The van der Waals surface area contributed by atoms with Crippen LogP contribution in [0.2, 0.25) is 0 Å². The molecule has 21 heavy (non-hydrogen) atoms. The van der Waals surface area contributed by atoms with Crippen LogP contribution in [0, 0.1) is 5.92 Å². The molecular weight excluding hydrogens is 260 g/mol. The van der Waals surface area contributed by atoms with Crippen molar-refractivity contribution in [1.29, 1.82) is 0 Å². The Kier molecular flexibility index (Phi) is 6.07. The van der Waals surface area contributed by atoms with Crippen molar-refractivity contribution in [3.8, 4) is 5.75 Å². The highest BCUT2D eigenvalue weighted by atomic mass is 16.3. The Labute approximate surface area is 129 Å². The molecule has 2 N–H and O–H groups in total. The Morgan fingerprint density at radius 2 is 2.00 bits per heavy atom. The molecular formula is C18H30N2O. The smallest absolute Gasteiger partial charge is 0.115 e. The average molecular weight is 290 g/mol. The minimum absolute atomic E-state index is 0.347. The molecule has 0 bridgehead atoms. The number of nitrogens with one attached hydrogen (secondary N) is 1. The summed E-state index contributed by atoms with van der Waals surface area (Å²) in [5.74, 6) is 1.12. The minimum atomic E-state index is 0.347. The molecule has 1 aromatic rings. The monoisotopic (exact) mass is 290 g/mol. The van der Waals surface area contributed by atoms with Crippen LogP contribution in [-0.2, 0) is 6.42 Å². The number of hydrogen-bond donors (Lipinski definition) is 2. The molecule has 0 saturated carbocycles. The number of likely N-dealkylation sites (tertiary alicyclic amines) is 1. The largest absolute Gasteiger partial charge is 0.508 e. The van der Waals surface area contributed by atoms with Gasteiger partial charge in [-0.1, -0.05) is 12.1 Å². The molecule has 0 aliphatic carbocycles. The van der Waals surface area contributed by atoms with Crippen molar-refractivity contribution in [2.75, 3.05) is 20.1 Å². The molecule has 1 saturated heterocycles. The van der Waals surface area contributed by atoms with Gasteiger partial charge in [-0.3, -0.25) is 0 Å². The molecule has 3 nitrogen and oxygen atoms in total. The van der Waals surface area contributed by atoms with Crippen LogP contribution in [0.15, 0.2) is 24.3 Å². The molecule has 118 valence electrons. The van der Waals surface area contributed by atoms with E-state index >= 15 is 0 Å². The summed E-state index contributed by atoms with van der Waals surface area (Å²) in [5.41, 5.74) is 1.30. The van der Waals surface area contributed by atoms with Crippen molar-refractivity contribution in [2.45, 2.75) is 51.6 Å². The molecule has 3 heteroatoms. The summed E-state index contributed by atoms with van der Waals surface area (Å²) in [7, 11) is 2.23. The zero-order valence-electron chi connectivity index (χ0n) is 13.7. The van der Waals surface area contributed by atoms with Gasteiger partial charge in [0.15, 0.2) is 0 Å². The topological polar surface area (TPSA) is 35.5 Å². The van der Waals surface area contributed by atoms with Crippen LogP contribution < -0.4 is 5.32 Å². The molecule has 0 aromatic heterocycles. The second kappa shape index (κ2) is 7.81. The number of hydrogen-bond acceptors (Lipinski definition) is 3. The first-order chi connectivity index (χ1) is 10.0. The van der Waals surface area contributed by atoms with Crippen LogP contribution in [0.3, 0.4) is 0 Å². The van der Waals surface area contributed by atoms with Gasteiger partial charge in [0, 0.05) is 18.6 Å². The molecule has 1 aromatic carbocycles. The van der Waals surface area contributed by atoms with Crippen molar-refractivity contribution in [1.82, 2.24) is 10.2 Å². The fourth-order valence-corrected chi connectivity index (χ4v) is 3.33. The predicted octanol–water partition coefficient (Wildman–Crippen LogP) is 3.03. The van der Waals surface area contributed by atoms with E-state index < -0.39 is 0 Å². The number of benzene rings is 1. The Balaban J connectivity index is 1.73. The molecule has 2 rings (SSSR count). The highest BCUT2D eigenvalue weighted by Gasteiger charge is 2.23. The second-order valence-electron chi connectivity index (χ2n) is 6.73. The van der Waals surface area contributed by atoms with Crippen LogP contribution in [-0.4, -0.2) is 42.2 Å². The van der Waals surface area contributed by atoms with E-state index in [2.05, 4.69) is 31.1 Å². The van der Waals surface area contributed by atoms with E-state index in [0.717, 1.165) is 18.8 Å². The highest BCUT2D eigenvalue weighted by Crippen LogP contribution is 2.19. The van der Waals surface area contributed by atoms with Crippen molar-refractivity contribution in [3.05, 3.63) is 29.8 Å². The van der Waals surface area contributed by atoms with E-state index in [1.807, 2.05) is 12.1 Å². The third-order valence-electron chi connectivity index (χ3n) is 4.72. The Morgan fingerprint density at radius 1 is 1.29 bits per heavy atom. The van der Waals surface area contributed by atoms with Crippen LogP contribution in [0.5, 0.6) is 5.75 Å². The molecule has 3 atom stereocenters. The van der Waals surface area contributed by atoms with Crippen LogP contribution in [0.4, 0.5) is 0 Å². The molecule has 3 unspecified atom stereocenters. The van der Waals surface area contributed by atoms with Gasteiger partial charge in [0.1, 0.15) is 5.75 Å². The fourth-order valence-electron chi connectivity index (χ4n) is 3.33. The second-order valence-corrected chi connectivity index (χ2v) is 6.73. The van der Waals surface area contributed by atoms with Crippen molar-refractivity contribution in [3.63, 3.8) is 0 Å². The number of rotatable bonds is 6. The average Bonchev–Trinajstić information content (AvgIpc) is 2.46. The predicted molar refractivity (Wildman–Crippen MR) is 88.7 cm³/mol.